The maximum absolute atomic E-state index is 13.0. The summed E-state index contributed by atoms with van der Waals surface area (Å²) in [5, 5.41) is 13.4. The van der Waals surface area contributed by atoms with Gasteiger partial charge < -0.3 is 20.1 Å². The number of aliphatic hydroxyl groups excluding tert-OH is 1. The lowest BCUT2D eigenvalue weighted by Gasteiger charge is -2.36. The Morgan fingerprint density at radius 2 is 1.91 bits per heavy atom. The van der Waals surface area contributed by atoms with Gasteiger partial charge >= 0.3 is 5.97 Å². The molecule has 0 aromatic heterocycles. The molecule has 1 aromatic rings. The van der Waals surface area contributed by atoms with Gasteiger partial charge in [0.05, 0.1) is 18.6 Å². The quantitative estimate of drug-likeness (QED) is 0.280. The van der Waals surface area contributed by atoms with Crippen LogP contribution in [-0.4, -0.2) is 66.7 Å². The summed E-state index contributed by atoms with van der Waals surface area (Å²) in [7, 11) is 4.15. The Kier molecular flexibility index (Phi) is 11.5. The van der Waals surface area contributed by atoms with E-state index in [1.807, 2.05) is 30.3 Å². The minimum Gasteiger partial charge on any atom is -0.464 e. The summed E-state index contributed by atoms with van der Waals surface area (Å²) in [5.74, 6) is -1.20. The van der Waals surface area contributed by atoms with Crippen LogP contribution in [0, 0.1) is 11.8 Å². The van der Waals surface area contributed by atoms with E-state index in [0.29, 0.717) is 19.3 Å². The van der Waals surface area contributed by atoms with Crippen molar-refractivity contribution in [2.75, 3.05) is 27.2 Å². The van der Waals surface area contributed by atoms with Gasteiger partial charge in [-0.05, 0) is 64.7 Å². The Labute approximate surface area is 197 Å². The lowest BCUT2D eigenvalue weighted by Crippen LogP contribution is -2.50. The molecule has 1 aromatic carbocycles. The number of carbonyl (C=O) groups excluding carboxylic acids is 2. The fourth-order valence-electron chi connectivity index (χ4n) is 4.37. The Morgan fingerprint density at radius 1 is 1.19 bits per heavy atom. The number of amides is 1. The van der Waals surface area contributed by atoms with Crippen molar-refractivity contribution in [1.82, 2.24) is 10.2 Å². The summed E-state index contributed by atoms with van der Waals surface area (Å²) < 4.78 is 5.16. The molecule has 4 unspecified atom stereocenters. The highest BCUT2D eigenvalue weighted by molar-refractivity contribution is 6.21. The van der Waals surface area contributed by atoms with Gasteiger partial charge in [-0.2, -0.15) is 0 Å². The molecule has 2 N–H and O–H groups in total. The molecule has 0 saturated heterocycles. The fraction of sp³-hybridized carbons (Fsp3) is 0.680. The first-order valence-electron chi connectivity index (χ1n) is 11.8. The number of esters is 1. The standard InChI is InChI=1S/C25H39ClN2O4/c1-4-32-25(31)22(15-18-11-7-5-8-12-18)27-24(30)20-17-21(26)19(16-23(20)29)13-9-6-10-14-28(2)3/h5,7-8,11-12,19-23,29H,4,6,9-10,13-17H2,1-3H3,(H,27,30)/t19?,20?,21?,22-,23?/m1/s1. The maximum Gasteiger partial charge on any atom is 0.328 e. The van der Waals surface area contributed by atoms with Crippen molar-refractivity contribution in [1.29, 1.82) is 0 Å². The van der Waals surface area contributed by atoms with Crippen molar-refractivity contribution in [3.63, 3.8) is 0 Å². The van der Waals surface area contributed by atoms with Crippen LogP contribution in [-0.2, 0) is 20.7 Å². The van der Waals surface area contributed by atoms with Crippen LogP contribution in [0.15, 0.2) is 30.3 Å². The van der Waals surface area contributed by atoms with E-state index >= 15 is 0 Å². The van der Waals surface area contributed by atoms with Crippen molar-refractivity contribution in [2.24, 2.45) is 11.8 Å². The van der Waals surface area contributed by atoms with Crippen molar-refractivity contribution in [3.8, 4) is 0 Å². The molecule has 1 fully saturated rings. The first kappa shape index (κ1) is 26.6. The molecule has 180 valence electrons. The molecule has 1 saturated carbocycles. The van der Waals surface area contributed by atoms with Gasteiger partial charge in [-0.15, -0.1) is 11.6 Å². The molecular formula is C25H39ClN2O4. The van der Waals surface area contributed by atoms with Gasteiger partial charge in [-0.1, -0.05) is 43.2 Å². The number of nitrogens with one attached hydrogen (secondary N) is 1. The predicted octanol–water partition coefficient (Wildman–Crippen LogP) is 3.39. The van der Waals surface area contributed by atoms with Gasteiger partial charge in [-0.25, -0.2) is 4.79 Å². The normalized spacial score (nSPS) is 24.2. The summed E-state index contributed by atoms with van der Waals surface area (Å²) >= 11 is 6.64. The highest BCUT2D eigenvalue weighted by atomic mass is 35.5. The second-order valence-corrected chi connectivity index (χ2v) is 9.64. The van der Waals surface area contributed by atoms with E-state index in [1.165, 1.54) is 0 Å². The zero-order chi connectivity index (χ0) is 23.5. The number of aliphatic hydroxyl groups is 1. The van der Waals surface area contributed by atoms with Crippen LogP contribution in [0.3, 0.4) is 0 Å². The number of nitrogens with zero attached hydrogens (tertiary/aromatic N) is 1. The van der Waals surface area contributed by atoms with Gasteiger partial charge in [0.25, 0.3) is 0 Å². The zero-order valence-corrected chi connectivity index (χ0v) is 20.4. The van der Waals surface area contributed by atoms with E-state index in [0.717, 1.165) is 37.8 Å². The molecule has 1 aliphatic carbocycles. The third-order valence-electron chi connectivity index (χ3n) is 6.19. The van der Waals surface area contributed by atoms with Gasteiger partial charge in [0.1, 0.15) is 6.04 Å². The van der Waals surface area contributed by atoms with Gasteiger partial charge in [0.2, 0.25) is 5.91 Å². The van der Waals surface area contributed by atoms with E-state index < -0.39 is 24.0 Å². The molecule has 0 heterocycles. The summed E-state index contributed by atoms with van der Waals surface area (Å²) in [5.41, 5.74) is 0.930. The molecular weight excluding hydrogens is 428 g/mol. The Morgan fingerprint density at radius 3 is 2.56 bits per heavy atom. The van der Waals surface area contributed by atoms with Crippen molar-refractivity contribution < 1.29 is 19.4 Å². The number of ether oxygens (including phenoxy) is 1. The molecule has 1 amide bonds. The van der Waals surface area contributed by atoms with E-state index in [-0.39, 0.29) is 23.8 Å². The molecule has 32 heavy (non-hydrogen) atoms. The van der Waals surface area contributed by atoms with Crippen molar-refractivity contribution >= 4 is 23.5 Å². The third-order valence-corrected chi connectivity index (χ3v) is 6.72. The first-order valence-corrected chi connectivity index (χ1v) is 12.2. The monoisotopic (exact) mass is 466 g/mol. The second kappa shape index (κ2) is 13.8. The molecule has 0 aliphatic heterocycles. The van der Waals surface area contributed by atoms with Crippen LogP contribution < -0.4 is 5.32 Å². The van der Waals surface area contributed by atoms with E-state index in [4.69, 9.17) is 16.3 Å². The van der Waals surface area contributed by atoms with E-state index in [2.05, 4.69) is 24.3 Å². The third kappa shape index (κ3) is 8.72. The van der Waals surface area contributed by atoms with E-state index in [1.54, 1.807) is 6.92 Å². The number of halogens is 1. The predicted molar refractivity (Wildman–Crippen MR) is 128 cm³/mol. The smallest absolute Gasteiger partial charge is 0.328 e. The number of hydrogen-bond donors (Lipinski definition) is 2. The zero-order valence-electron chi connectivity index (χ0n) is 19.6. The number of hydrogen-bond acceptors (Lipinski definition) is 5. The lowest BCUT2D eigenvalue weighted by atomic mass is 9.77. The SMILES string of the molecule is CCOC(=O)[C@@H](Cc1ccccc1)NC(=O)C1CC(Cl)C(CCCCCN(C)C)CC1O. The summed E-state index contributed by atoms with van der Waals surface area (Å²) in [6.45, 7) is 3.05. The molecule has 6 nitrogen and oxygen atoms in total. The second-order valence-electron chi connectivity index (χ2n) is 9.08. The maximum atomic E-state index is 13.0. The van der Waals surface area contributed by atoms with Crippen LogP contribution in [0.5, 0.6) is 0 Å². The number of benzene rings is 1. The summed E-state index contributed by atoms with van der Waals surface area (Å²) in [4.78, 5) is 27.6. The molecule has 5 atom stereocenters. The number of unbranched alkanes of at least 4 members (excludes halogenated alkanes) is 2. The molecule has 0 bridgehead atoms. The minimum absolute atomic E-state index is 0.154. The molecule has 0 spiro atoms. The van der Waals surface area contributed by atoms with E-state index in [9.17, 15) is 14.7 Å². The average molecular weight is 467 g/mol. The number of carbonyl (C=O) groups is 2. The van der Waals surface area contributed by atoms with Gasteiger partial charge in [0.15, 0.2) is 0 Å². The number of rotatable bonds is 12. The Hall–Kier alpha value is -1.63. The van der Waals surface area contributed by atoms with Crippen molar-refractivity contribution in [3.05, 3.63) is 35.9 Å². The molecule has 1 aliphatic rings. The van der Waals surface area contributed by atoms with Crippen LogP contribution in [0.25, 0.3) is 0 Å². The van der Waals surface area contributed by atoms with Gasteiger partial charge in [-0.3, -0.25) is 4.79 Å². The lowest BCUT2D eigenvalue weighted by molar-refractivity contribution is -0.148. The highest BCUT2D eigenvalue weighted by Gasteiger charge is 2.39. The Balaban J connectivity index is 1.90. The number of alkyl halides is 1. The molecule has 2 rings (SSSR count). The summed E-state index contributed by atoms with van der Waals surface area (Å²) in [6, 6.07) is 8.71. The highest BCUT2D eigenvalue weighted by Crippen LogP contribution is 2.36. The topological polar surface area (TPSA) is 78.9 Å². The minimum atomic E-state index is -0.791. The van der Waals surface area contributed by atoms with Crippen LogP contribution in [0.1, 0.15) is 51.0 Å². The Bertz CT molecular complexity index is 700. The fourth-order valence-corrected chi connectivity index (χ4v) is 4.79. The van der Waals surface area contributed by atoms with Crippen LogP contribution in [0.2, 0.25) is 0 Å². The van der Waals surface area contributed by atoms with Crippen LogP contribution >= 0.6 is 11.6 Å². The average Bonchev–Trinajstić information content (AvgIpc) is 2.75. The molecule has 7 heteroatoms. The molecule has 0 radical (unpaired) electrons. The van der Waals surface area contributed by atoms with Gasteiger partial charge in [0, 0.05) is 11.8 Å². The largest absolute Gasteiger partial charge is 0.464 e. The van der Waals surface area contributed by atoms with Crippen LogP contribution in [0.4, 0.5) is 0 Å². The summed E-state index contributed by atoms with van der Waals surface area (Å²) in [6.07, 6.45) is 4.85. The van der Waals surface area contributed by atoms with Crippen molar-refractivity contribution in [2.45, 2.75) is 69.4 Å². The first-order chi connectivity index (χ1) is 15.3.